The number of ether oxygens (including phenoxy) is 1. The molecule has 0 radical (unpaired) electrons. The van der Waals surface area contributed by atoms with E-state index in [1.54, 1.807) is 0 Å². The zero-order valence-corrected chi connectivity index (χ0v) is 20.2. The van der Waals surface area contributed by atoms with Crippen LogP contribution in [0, 0.1) is 10.1 Å². The van der Waals surface area contributed by atoms with E-state index in [4.69, 9.17) is 4.74 Å². The lowest BCUT2D eigenvalue weighted by molar-refractivity contribution is -0.388. The van der Waals surface area contributed by atoms with E-state index in [0.29, 0.717) is 75.0 Å². The Balaban J connectivity index is 1.62. The Hall–Kier alpha value is -2.26. The standard InChI is InChI=1S/C19H27N7O5S2/c1-3-25-18(23-10-12-31-13-11-23)20-21-19(25)32-17-5-4-15(14-16(17)26(27)28)33(29,30)24-8-6-22(2)7-9-24/h4-5,14H,3,6-13H2,1-2H3. The molecule has 12 nitrogen and oxygen atoms in total. The molecule has 2 aliphatic heterocycles. The lowest BCUT2D eigenvalue weighted by Gasteiger charge is -2.31. The van der Waals surface area contributed by atoms with Crippen LogP contribution >= 0.6 is 11.8 Å². The number of nitro benzene ring substituents is 1. The third-order valence-corrected chi connectivity index (χ3v) is 8.68. The normalized spacial score (nSPS) is 18.5. The molecule has 33 heavy (non-hydrogen) atoms. The van der Waals surface area contributed by atoms with Crippen molar-refractivity contribution in [1.29, 1.82) is 0 Å². The fraction of sp³-hybridized carbons (Fsp3) is 0.579. The molecule has 0 spiro atoms. The second kappa shape index (κ2) is 9.93. The number of nitrogens with zero attached hydrogens (tertiary/aromatic N) is 7. The minimum atomic E-state index is -3.81. The lowest BCUT2D eigenvalue weighted by Crippen LogP contribution is -2.47. The van der Waals surface area contributed by atoms with Crippen molar-refractivity contribution in [3.05, 3.63) is 28.3 Å². The number of hydrogen-bond acceptors (Lipinski definition) is 10. The molecular formula is C19H27N7O5S2. The van der Waals surface area contributed by atoms with Crippen LogP contribution in [0.1, 0.15) is 6.92 Å². The first-order valence-electron chi connectivity index (χ1n) is 10.7. The van der Waals surface area contributed by atoms with Crippen molar-refractivity contribution in [2.45, 2.75) is 28.4 Å². The molecule has 2 fully saturated rings. The predicted octanol–water partition coefficient (Wildman–Crippen LogP) is 1.13. The molecule has 2 saturated heterocycles. The van der Waals surface area contributed by atoms with Gasteiger partial charge in [-0.1, -0.05) is 0 Å². The Morgan fingerprint density at radius 2 is 1.82 bits per heavy atom. The van der Waals surface area contributed by atoms with Gasteiger partial charge < -0.3 is 14.5 Å². The van der Waals surface area contributed by atoms with Gasteiger partial charge in [0.1, 0.15) is 0 Å². The van der Waals surface area contributed by atoms with Crippen LogP contribution in [-0.2, 0) is 21.3 Å². The molecule has 2 aromatic rings. The highest BCUT2D eigenvalue weighted by Gasteiger charge is 2.30. The quantitative estimate of drug-likeness (QED) is 0.406. The molecule has 0 bridgehead atoms. The van der Waals surface area contributed by atoms with Gasteiger partial charge in [-0.05, 0) is 37.9 Å². The molecule has 1 aromatic carbocycles. The Labute approximate surface area is 196 Å². The summed E-state index contributed by atoms with van der Waals surface area (Å²) in [5.41, 5.74) is -0.270. The van der Waals surface area contributed by atoms with Crippen molar-refractivity contribution in [3.8, 4) is 0 Å². The third kappa shape index (κ3) is 4.99. The number of anilines is 1. The van der Waals surface area contributed by atoms with Gasteiger partial charge in [-0.2, -0.15) is 4.31 Å². The van der Waals surface area contributed by atoms with Crippen LogP contribution in [0.25, 0.3) is 0 Å². The van der Waals surface area contributed by atoms with E-state index in [9.17, 15) is 18.5 Å². The van der Waals surface area contributed by atoms with Gasteiger partial charge in [0.05, 0.1) is 27.9 Å². The van der Waals surface area contributed by atoms with Gasteiger partial charge in [-0.3, -0.25) is 14.7 Å². The first kappa shape index (κ1) is 23.9. The van der Waals surface area contributed by atoms with E-state index in [0.717, 1.165) is 17.8 Å². The van der Waals surface area contributed by atoms with Gasteiger partial charge in [0.2, 0.25) is 16.0 Å². The van der Waals surface area contributed by atoms with Crippen molar-refractivity contribution in [1.82, 2.24) is 24.0 Å². The summed E-state index contributed by atoms with van der Waals surface area (Å²) in [6.45, 7) is 7.09. The predicted molar refractivity (Wildman–Crippen MR) is 122 cm³/mol. The Kier molecular flexibility index (Phi) is 7.19. The number of rotatable bonds is 7. The molecule has 3 heterocycles. The molecule has 1 aromatic heterocycles. The second-order valence-electron chi connectivity index (χ2n) is 7.82. The maximum Gasteiger partial charge on any atom is 0.284 e. The van der Waals surface area contributed by atoms with Gasteiger partial charge in [-0.25, -0.2) is 8.42 Å². The summed E-state index contributed by atoms with van der Waals surface area (Å²) in [6, 6.07) is 4.05. The van der Waals surface area contributed by atoms with Crippen molar-refractivity contribution >= 4 is 33.4 Å². The molecule has 0 aliphatic carbocycles. The third-order valence-electron chi connectivity index (χ3n) is 5.74. The highest BCUT2D eigenvalue weighted by molar-refractivity contribution is 7.99. The van der Waals surface area contributed by atoms with Crippen LogP contribution in [-0.4, -0.2) is 96.8 Å². The summed E-state index contributed by atoms with van der Waals surface area (Å²) in [4.78, 5) is 15.6. The van der Waals surface area contributed by atoms with E-state index >= 15 is 0 Å². The van der Waals surface area contributed by atoms with E-state index < -0.39 is 14.9 Å². The van der Waals surface area contributed by atoms with E-state index in [1.165, 1.54) is 16.4 Å². The zero-order chi connectivity index (χ0) is 23.6. The van der Waals surface area contributed by atoms with E-state index in [-0.39, 0.29) is 10.6 Å². The number of likely N-dealkylation sites (N-methyl/N-ethyl adjacent to an activating group) is 1. The molecule has 2 aliphatic rings. The van der Waals surface area contributed by atoms with Crippen LogP contribution in [0.2, 0.25) is 0 Å². The molecule has 0 saturated carbocycles. The van der Waals surface area contributed by atoms with Crippen molar-refractivity contribution < 1.29 is 18.1 Å². The number of nitro groups is 1. The summed E-state index contributed by atoms with van der Waals surface area (Å²) in [5, 5.41) is 20.9. The number of aromatic nitrogens is 3. The number of morpholine rings is 1. The molecule has 4 rings (SSSR count). The fourth-order valence-corrected chi connectivity index (χ4v) is 6.21. The topological polar surface area (TPSA) is 127 Å². The fourth-order valence-electron chi connectivity index (χ4n) is 3.79. The monoisotopic (exact) mass is 497 g/mol. The molecule has 0 N–H and O–H groups in total. The van der Waals surface area contributed by atoms with Crippen LogP contribution in [0.4, 0.5) is 11.6 Å². The number of benzene rings is 1. The van der Waals surface area contributed by atoms with Gasteiger partial charge in [0.25, 0.3) is 5.69 Å². The Morgan fingerprint density at radius 3 is 2.45 bits per heavy atom. The van der Waals surface area contributed by atoms with Gasteiger partial charge in [-0.15, -0.1) is 10.2 Å². The largest absolute Gasteiger partial charge is 0.378 e. The van der Waals surface area contributed by atoms with Gasteiger partial charge >= 0.3 is 0 Å². The summed E-state index contributed by atoms with van der Waals surface area (Å²) < 4.78 is 34.8. The molecule has 0 amide bonds. The molecule has 14 heteroatoms. The van der Waals surface area contributed by atoms with Gasteiger partial charge in [0, 0.05) is 51.9 Å². The zero-order valence-electron chi connectivity index (χ0n) is 18.6. The van der Waals surface area contributed by atoms with Crippen LogP contribution < -0.4 is 4.90 Å². The van der Waals surface area contributed by atoms with E-state index in [2.05, 4.69) is 15.1 Å². The van der Waals surface area contributed by atoms with Crippen molar-refractivity contribution in [2.24, 2.45) is 0 Å². The number of sulfonamides is 1. The Morgan fingerprint density at radius 1 is 1.12 bits per heavy atom. The van der Waals surface area contributed by atoms with Gasteiger partial charge in [0.15, 0.2) is 5.16 Å². The molecule has 0 unspecified atom stereocenters. The summed E-state index contributed by atoms with van der Waals surface area (Å²) in [7, 11) is -1.88. The highest BCUT2D eigenvalue weighted by Crippen LogP contribution is 2.37. The summed E-state index contributed by atoms with van der Waals surface area (Å²) in [5.74, 6) is 0.695. The van der Waals surface area contributed by atoms with Crippen molar-refractivity contribution in [2.75, 3.05) is 64.4 Å². The van der Waals surface area contributed by atoms with Crippen LogP contribution in [0.5, 0.6) is 0 Å². The molecule has 0 atom stereocenters. The smallest absolute Gasteiger partial charge is 0.284 e. The van der Waals surface area contributed by atoms with Crippen LogP contribution in [0.15, 0.2) is 33.1 Å². The molecular weight excluding hydrogens is 470 g/mol. The van der Waals surface area contributed by atoms with Crippen LogP contribution in [0.3, 0.4) is 0 Å². The Bertz CT molecular complexity index is 1110. The minimum absolute atomic E-state index is 0.0749. The average Bonchev–Trinajstić information content (AvgIpc) is 3.22. The lowest BCUT2D eigenvalue weighted by atomic mass is 10.3. The maximum absolute atomic E-state index is 13.1. The van der Waals surface area contributed by atoms with Crippen molar-refractivity contribution in [3.63, 3.8) is 0 Å². The maximum atomic E-state index is 13.1. The first-order valence-corrected chi connectivity index (χ1v) is 13.0. The first-order chi connectivity index (χ1) is 15.8. The highest BCUT2D eigenvalue weighted by atomic mass is 32.2. The summed E-state index contributed by atoms with van der Waals surface area (Å²) >= 11 is 1.11. The molecule has 180 valence electrons. The summed E-state index contributed by atoms with van der Waals surface area (Å²) in [6.07, 6.45) is 0. The average molecular weight is 498 g/mol. The van der Waals surface area contributed by atoms with E-state index in [1.807, 2.05) is 23.4 Å². The second-order valence-corrected chi connectivity index (χ2v) is 10.8. The number of hydrogen-bond donors (Lipinski definition) is 0. The minimum Gasteiger partial charge on any atom is -0.378 e. The SMILES string of the molecule is CCn1c(Sc2ccc(S(=O)(=O)N3CCN(C)CC3)cc2[N+](=O)[O-])nnc1N1CCOCC1. The number of piperazine rings is 1.